The molecule has 3 fully saturated rings. The average molecular weight is 354 g/mol. The predicted molar refractivity (Wildman–Crippen MR) is 94.9 cm³/mol. The van der Waals surface area contributed by atoms with Gasteiger partial charge in [-0.25, -0.2) is 9.97 Å². The van der Waals surface area contributed by atoms with Gasteiger partial charge in [-0.05, 0) is 37.5 Å². The summed E-state index contributed by atoms with van der Waals surface area (Å²) in [6, 6.07) is 0.0383. The molecule has 4 aliphatic rings. The summed E-state index contributed by atoms with van der Waals surface area (Å²) in [5, 5.41) is 0. The quantitative estimate of drug-likeness (QED) is 0.817. The van der Waals surface area contributed by atoms with Gasteiger partial charge in [0, 0.05) is 50.7 Å². The van der Waals surface area contributed by atoms with E-state index in [0.29, 0.717) is 17.9 Å². The van der Waals surface area contributed by atoms with Crippen LogP contribution in [-0.4, -0.2) is 44.7 Å². The van der Waals surface area contributed by atoms with Crippen LogP contribution in [0.2, 0.25) is 0 Å². The Kier molecular flexibility index (Phi) is 3.59. The fourth-order valence-electron chi connectivity index (χ4n) is 5.14. The SMILES string of the molecule is CC(=O)N1CCc2nc([C@@H]3CCCN3C(=O)[C@@H]3CC34CCC4)ncc2C1. The van der Waals surface area contributed by atoms with Crippen LogP contribution in [0.15, 0.2) is 6.20 Å². The molecule has 1 aromatic rings. The Hall–Kier alpha value is -1.98. The van der Waals surface area contributed by atoms with Crippen molar-refractivity contribution in [1.82, 2.24) is 19.8 Å². The predicted octanol–water partition coefficient (Wildman–Crippen LogP) is 2.23. The summed E-state index contributed by atoms with van der Waals surface area (Å²) in [6.45, 7) is 3.77. The Balaban J connectivity index is 1.34. The van der Waals surface area contributed by atoms with Crippen molar-refractivity contribution in [3.8, 4) is 0 Å². The molecule has 6 heteroatoms. The molecule has 5 rings (SSSR count). The zero-order valence-corrected chi connectivity index (χ0v) is 15.4. The van der Waals surface area contributed by atoms with Crippen LogP contribution in [0.1, 0.15) is 68.6 Å². The Bertz CT molecular complexity index is 773. The number of carbonyl (C=O) groups excluding carboxylic acids is 2. The van der Waals surface area contributed by atoms with E-state index in [4.69, 9.17) is 4.98 Å². The molecular formula is C20H26N4O2. The molecule has 0 bridgehead atoms. The van der Waals surface area contributed by atoms with Gasteiger partial charge in [-0.2, -0.15) is 0 Å². The molecule has 1 saturated heterocycles. The second-order valence-corrected chi connectivity index (χ2v) is 8.55. The van der Waals surface area contributed by atoms with Crippen LogP contribution in [0.25, 0.3) is 0 Å². The third-order valence-corrected chi connectivity index (χ3v) is 7.07. The molecule has 138 valence electrons. The monoisotopic (exact) mass is 354 g/mol. The van der Waals surface area contributed by atoms with E-state index in [1.165, 1.54) is 19.3 Å². The van der Waals surface area contributed by atoms with Gasteiger partial charge in [0.2, 0.25) is 11.8 Å². The molecular weight excluding hydrogens is 328 g/mol. The van der Waals surface area contributed by atoms with Crippen molar-refractivity contribution in [3.63, 3.8) is 0 Å². The minimum absolute atomic E-state index is 0.0383. The van der Waals surface area contributed by atoms with Gasteiger partial charge < -0.3 is 9.80 Å². The Morgan fingerprint density at radius 2 is 2.08 bits per heavy atom. The van der Waals surface area contributed by atoms with Crippen molar-refractivity contribution < 1.29 is 9.59 Å². The minimum atomic E-state index is 0.0383. The number of fused-ring (bicyclic) bond motifs is 1. The fraction of sp³-hybridized carbons (Fsp3) is 0.700. The first-order valence-electron chi connectivity index (χ1n) is 9.98. The average Bonchev–Trinajstić information content (AvgIpc) is 3.22. The van der Waals surface area contributed by atoms with Gasteiger partial charge in [-0.15, -0.1) is 0 Å². The van der Waals surface area contributed by atoms with Gasteiger partial charge in [0.15, 0.2) is 5.82 Å². The molecule has 0 unspecified atom stereocenters. The first-order valence-corrected chi connectivity index (χ1v) is 9.98. The van der Waals surface area contributed by atoms with E-state index in [-0.39, 0.29) is 17.9 Å². The number of nitrogens with zero attached hydrogens (tertiary/aromatic N) is 4. The topological polar surface area (TPSA) is 66.4 Å². The molecule has 0 N–H and O–H groups in total. The number of rotatable bonds is 2. The lowest BCUT2D eigenvalue weighted by molar-refractivity contribution is -0.135. The molecule has 6 nitrogen and oxygen atoms in total. The molecule has 2 aliphatic heterocycles. The van der Waals surface area contributed by atoms with Crippen molar-refractivity contribution in [2.24, 2.45) is 11.3 Å². The second kappa shape index (κ2) is 5.76. The number of hydrogen-bond donors (Lipinski definition) is 0. The maximum Gasteiger partial charge on any atom is 0.226 e. The van der Waals surface area contributed by atoms with Gasteiger partial charge >= 0.3 is 0 Å². The normalized spacial score (nSPS) is 28.7. The molecule has 1 spiro atoms. The Morgan fingerprint density at radius 3 is 2.77 bits per heavy atom. The molecule has 2 amide bonds. The lowest BCUT2D eigenvalue weighted by Gasteiger charge is -2.30. The number of carbonyl (C=O) groups is 2. The summed E-state index contributed by atoms with van der Waals surface area (Å²) in [4.78, 5) is 38.0. The van der Waals surface area contributed by atoms with Gasteiger partial charge in [0.05, 0.1) is 11.7 Å². The van der Waals surface area contributed by atoms with Gasteiger partial charge in [-0.3, -0.25) is 9.59 Å². The van der Waals surface area contributed by atoms with Crippen LogP contribution in [0, 0.1) is 11.3 Å². The van der Waals surface area contributed by atoms with Crippen LogP contribution in [-0.2, 0) is 22.6 Å². The molecule has 0 aromatic carbocycles. The first kappa shape index (κ1) is 16.2. The van der Waals surface area contributed by atoms with Gasteiger partial charge in [0.1, 0.15) is 0 Å². The van der Waals surface area contributed by atoms with Crippen molar-refractivity contribution in [3.05, 3.63) is 23.3 Å². The summed E-state index contributed by atoms with van der Waals surface area (Å²) in [7, 11) is 0. The zero-order chi connectivity index (χ0) is 17.9. The molecule has 26 heavy (non-hydrogen) atoms. The van der Waals surface area contributed by atoms with E-state index >= 15 is 0 Å². The van der Waals surface area contributed by atoms with E-state index in [9.17, 15) is 9.59 Å². The van der Waals surface area contributed by atoms with Crippen molar-refractivity contribution in [1.29, 1.82) is 0 Å². The number of hydrogen-bond acceptors (Lipinski definition) is 4. The van der Waals surface area contributed by atoms with E-state index in [1.54, 1.807) is 6.92 Å². The highest BCUT2D eigenvalue weighted by molar-refractivity contribution is 5.83. The summed E-state index contributed by atoms with van der Waals surface area (Å²) in [5.74, 6) is 1.51. The first-order chi connectivity index (χ1) is 12.6. The van der Waals surface area contributed by atoms with Crippen molar-refractivity contribution in [2.45, 2.75) is 64.5 Å². The van der Waals surface area contributed by atoms with Crippen molar-refractivity contribution in [2.75, 3.05) is 13.1 Å². The molecule has 1 aromatic heterocycles. The lowest BCUT2D eigenvalue weighted by atomic mass is 9.79. The largest absolute Gasteiger partial charge is 0.338 e. The van der Waals surface area contributed by atoms with E-state index < -0.39 is 0 Å². The molecule has 2 aliphatic carbocycles. The van der Waals surface area contributed by atoms with Crippen molar-refractivity contribution >= 4 is 11.8 Å². The van der Waals surface area contributed by atoms with E-state index in [0.717, 1.165) is 55.9 Å². The summed E-state index contributed by atoms with van der Waals surface area (Å²) < 4.78 is 0. The smallest absolute Gasteiger partial charge is 0.226 e. The number of aromatic nitrogens is 2. The third-order valence-electron chi connectivity index (χ3n) is 7.07. The third kappa shape index (κ3) is 2.45. The second-order valence-electron chi connectivity index (χ2n) is 8.55. The standard InChI is InChI=1S/C20H26N4O2/c1-13(25)23-9-5-16-14(12-23)11-21-18(22-16)17-4-2-8-24(17)19(26)15-10-20(15)6-3-7-20/h11,15,17H,2-10,12H2,1H3/t15-,17-/m0/s1. The van der Waals surface area contributed by atoms with Crippen LogP contribution in [0.4, 0.5) is 0 Å². The summed E-state index contributed by atoms with van der Waals surface area (Å²) >= 11 is 0. The highest BCUT2D eigenvalue weighted by Gasteiger charge is 2.62. The molecule has 2 saturated carbocycles. The molecule has 2 atom stereocenters. The zero-order valence-electron chi connectivity index (χ0n) is 15.4. The number of likely N-dealkylation sites (tertiary alicyclic amines) is 1. The minimum Gasteiger partial charge on any atom is -0.338 e. The van der Waals surface area contributed by atoms with Gasteiger partial charge in [-0.1, -0.05) is 6.42 Å². The van der Waals surface area contributed by atoms with Crippen LogP contribution in [0.3, 0.4) is 0 Å². The van der Waals surface area contributed by atoms with Crippen LogP contribution in [0.5, 0.6) is 0 Å². The van der Waals surface area contributed by atoms with Gasteiger partial charge in [0.25, 0.3) is 0 Å². The molecule has 0 radical (unpaired) electrons. The molecule has 3 heterocycles. The highest BCUT2D eigenvalue weighted by atomic mass is 16.2. The van der Waals surface area contributed by atoms with Crippen LogP contribution < -0.4 is 0 Å². The summed E-state index contributed by atoms with van der Waals surface area (Å²) in [5.41, 5.74) is 2.47. The van der Waals surface area contributed by atoms with E-state index in [2.05, 4.69) is 9.88 Å². The Labute approximate surface area is 154 Å². The lowest BCUT2D eigenvalue weighted by Crippen LogP contribution is -2.37. The highest BCUT2D eigenvalue weighted by Crippen LogP contribution is 2.66. The number of amides is 2. The summed E-state index contributed by atoms with van der Waals surface area (Å²) in [6.07, 6.45) is 9.51. The Morgan fingerprint density at radius 1 is 1.23 bits per heavy atom. The van der Waals surface area contributed by atoms with E-state index in [1.807, 2.05) is 11.1 Å². The maximum absolute atomic E-state index is 13.0. The maximum atomic E-state index is 13.0. The fourth-order valence-corrected chi connectivity index (χ4v) is 5.14. The van der Waals surface area contributed by atoms with Crippen LogP contribution >= 0.6 is 0 Å².